The maximum atomic E-state index is 7.42. The first-order valence-electron chi connectivity index (χ1n) is 9.89. The number of hydrogen-bond donors (Lipinski definition) is 0. The van der Waals surface area contributed by atoms with Crippen LogP contribution in [-0.2, 0) is 0 Å². The molecular formula is C25H25ClN2Si. The molecule has 29 heavy (non-hydrogen) atoms. The summed E-state index contributed by atoms with van der Waals surface area (Å²) in [5.74, 6) is 26.8. The SMILES string of the molecule is C#CC#CC#CCCN1C2CCCC[C@H]2N(CCC#CC#CC#C)[Si]1(Cl)CC=C. The van der Waals surface area contributed by atoms with Crippen LogP contribution < -0.4 is 0 Å². The molecule has 2 aliphatic rings. The highest BCUT2D eigenvalue weighted by atomic mass is 35.6. The first-order chi connectivity index (χ1) is 14.2. The van der Waals surface area contributed by atoms with Gasteiger partial charge in [-0.15, -0.1) is 30.5 Å². The molecule has 1 aliphatic heterocycles. The van der Waals surface area contributed by atoms with Crippen LogP contribution in [0.25, 0.3) is 0 Å². The molecule has 0 aromatic rings. The number of halogens is 1. The van der Waals surface area contributed by atoms with Gasteiger partial charge in [0.15, 0.2) is 0 Å². The van der Waals surface area contributed by atoms with E-state index in [9.17, 15) is 0 Å². The lowest BCUT2D eigenvalue weighted by atomic mass is 9.90. The third-order valence-corrected chi connectivity index (χ3v) is 10.7. The zero-order chi connectivity index (χ0) is 21.0. The summed E-state index contributed by atoms with van der Waals surface area (Å²) >= 11 is 7.42. The molecule has 2 fully saturated rings. The van der Waals surface area contributed by atoms with Gasteiger partial charge in [0.2, 0.25) is 0 Å². The summed E-state index contributed by atoms with van der Waals surface area (Å²) in [4.78, 5) is 0. The van der Waals surface area contributed by atoms with Gasteiger partial charge in [0, 0.05) is 44.1 Å². The number of fused-ring (bicyclic) bond motifs is 1. The van der Waals surface area contributed by atoms with Crippen LogP contribution in [0.1, 0.15) is 38.5 Å². The first-order valence-corrected chi connectivity index (χ1v) is 13.0. The fraction of sp³-hybridized carbons (Fsp3) is 0.440. The molecule has 0 bridgehead atoms. The van der Waals surface area contributed by atoms with Crippen LogP contribution in [0, 0.1) is 72.1 Å². The second-order valence-electron chi connectivity index (χ2n) is 6.91. The Balaban J connectivity index is 2.18. The molecule has 0 aromatic carbocycles. The van der Waals surface area contributed by atoms with E-state index in [1.165, 1.54) is 25.7 Å². The van der Waals surface area contributed by atoms with Crippen LogP contribution in [0.2, 0.25) is 6.04 Å². The van der Waals surface area contributed by atoms with E-state index in [1.807, 2.05) is 6.08 Å². The Hall–Kier alpha value is -2.47. The molecular weight excluding hydrogens is 392 g/mol. The van der Waals surface area contributed by atoms with E-state index in [-0.39, 0.29) is 0 Å². The number of allylic oxidation sites excluding steroid dienone is 1. The third-order valence-electron chi connectivity index (χ3n) is 5.31. The van der Waals surface area contributed by atoms with E-state index in [4.69, 9.17) is 23.9 Å². The molecule has 2 rings (SSSR count). The molecule has 3 atom stereocenters. The zero-order valence-corrected chi connectivity index (χ0v) is 18.5. The number of rotatable bonds is 6. The second kappa shape index (κ2) is 12.2. The molecule has 2 unspecified atom stereocenters. The van der Waals surface area contributed by atoms with Gasteiger partial charge in [-0.25, -0.2) is 0 Å². The van der Waals surface area contributed by atoms with Crippen LogP contribution in [0.4, 0.5) is 0 Å². The van der Waals surface area contributed by atoms with Crippen LogP contribution in [0.3, 0.4) is 0 Å². The van der Waals surface area contributed by atoms with Crippen molar-refractivity contribution < 1.29 is 0 Å². The Morgan fingerprint density at radius 1 is 0.862 bits per heavy atom. The number of nitrogens with zero attached hydrogens (tertiary/aromatic N) is 2. The molecule has 0 aromatic heterocycles. The Bertz CT molecular complexity index is 853. The molecule has 2 nitrogen and oxygen atoms in total. The van der Waals surface area contributed by atoms with Gasteiger partial charge in [-0.05, 0) is 60.2 Å². The first kappa shape index (κ1) is 22.8. The molecule has 1 heterocycles. The van der Waals surface area contributed by atoms with Crippen molar-refractivity contribution in [2.45, 2.75) is 56.7 Å². The molecule has 1 saturated heterocycles. The summed E-state index contributed by atoms with van der Waals surface area (Å²) in [6, 6.07) is 1.79. The zero-order valence-electron chi connectivity index (χ0n) is 16.7. The van der Waals surface area contributed by atoms with Crippen LogP contribution in [-0.4, -0.2) is 42.0 Å². The molecule has 1 saturated carbocycles. The lowest BCUT2D eigenvalue weighted by molar-refractivity contribution is 0.206. The largest absolute Gasteiger partial charge is 0.311 e. The van der Waals surface area contributed by atoms with Crippen molar-refractivity contribution in [1.29, 1.82) is 0 Å². The summed E-state index contributed by atoms with van der Waals surface area (Å²) in [5, 5.41) is 0. The van der Waals surface area contributed by atoms with E-state index in [2.05, 4.69) is 74.9 Å². The predicted molar refractivity (Wildman–Crippen MR) is 124 cm³/mol. The maximum Gasteiger partial charge on any atom is 0.311 e. The summed E-state index contributed by atoms with van der Waals surface area (Å²) in [7, 11) is -2.38. The van der Waals surface area contributed by atoms with Crippen LogP contribution >= 0.6 is 11.1 Å². The van der Waals surface area contributed by atoms with Gasteiger partial charge in [-0.2, -0.15) is 0 Å². The van der Waals surface area contributed by atoms with E-state index >= 15 is 0 Å². The lowest BCUT2D eigenvalue weighted by Crippen LogP contribution is -2.56. The van der Waals surface area contributed by atoms with E-state index in [0.717, 1.165) is 32.0 Å². The van der Waals surface area contributed by atoms with Gasteiger partial charge in [0.25, 0.3) is 0 Å². The number of terminal acetylenes is 2. The second-order valence-corrected chi connectivity index (χ2v) is 11.7. The summed E-state index contributed by atoms with van der Waals surface area (Å²) < 4.78 is 5.10. The van der Waals surface area contributed by atoms with Gasteiger partial charge in [0.05, 0.1) is 0 Å². The third kappa shape index (κ3) is 6.00. The van der Waals surface area contributed by atoms with Gasteiger partial charge in [-0.1, -0.05) is 30.8 Å². The molecule has 0 amide bonds. The molecule has 0 radical (unpaired) electrons. The summed E-state index contributed by atoms with van der Waals surface area (Å²) in [6.07, 6.45) is 18.5. The molecule has 0 N–H and O–H groups in total. The Morgan fingerprint density at radius 2 is 1.34 bits per heavy atom. The van der Waals surface area contributed by atoms with Crippen molar-refractivity contribution in [3.8, 4) is 72.1 Å². The molecule has 4 heteroatoms. The Labute approximate surface area is 182 Å². The minimum atomic E-state index is -2.38. The van der Waals surface area contributed by atoms with Crippen LogP contribution in [0.15, 0.2) is 12.7 Å². The summed E-state index contributed by atoms with van der Waals surface area (Å²) in [6.45, 7) is 5.69. The molecule has 146 valence electrons. The van der Waals surface area contributed by atoms with Crippen molar-refractivity contribution in [3.05, 3.63) is 12.7 Å². The lowest BCUT2D eigenvalue weighted by Gasteiger charge is -2.36. The van der Waals surface area contributed by atoms with E-state index in [0.29, 0.717) is 12.1 Å². The Kier molecular flexibility index (Phi) is 9.57. The van der Waals surface area contributed by atoms with Crippen molar-refractivity contribution in [1.82, 2.24) is 9.13 Å². The minimum absolute atomic E-state index is 0.487. The highest BCUT2D eigenvalue weighted by molar-refractivity contribution is 7.17. The molecule has 1 aliphatic carbocycles. The summed E-state index contributed by atoms with van der Waals surface area (Å²) in [5.41, 5.74) is 0. The van der Waals surface area contributed by atoms with Crippen molar-refractivity contribution in [3.63, 3.8) is 0 Å². The van der Waals surface area contributed by atoms with Crippen molar-refractivity contribution >= 4 is 18.8 Å². The molecule has 0 spiro atoms. The van der Waals surface area contributed by atoms with E-state index < -0.39 is 7.71 Å². The van der Waals surface area contributed by atoms with E-state index in [1.54, 1.807) is 0 Å². The predicted octanol–water partition coefficient (Wildman–Crippen LogP) is 3.34. The average Bonchev–Trinajstić information content (AvgIpc) is 2.95. The fourth-order valence-electron chi connectivity index (χ4n) is 4.29. The average molecular weight is 417 g/mol. The smallest absolute Gasteiger partial charge is 0.294 e. The normalized spacial score (nSPS) is 25.1. The van der Waals surface area contributed by atoms with Gasteiger partial charge in [0.1, 0.15) is 0 Å². The maximum absolute atomic E-state index is 7.42. The van der Waals surface area contributed by atoms with Gasteiger partial charge in [-0.3, -0.25) is 9.13 Å². The quantitative estimate of drug-likeness (QED) is 0.283. The number of hydrogen-bond acceptors (Lipinski definition) is 2. The van der Waals surface area contributed by atoms with Crippen molar-refractivity contribution in [2.75, 3.05) is 13.1 Å². The van der Waals surface area contributed by atoms with Crippen LogP contribution in [0.5, 0.6) is 0 Å². The van der Waals surface area contributed by atoms with Gasteiger partial charge < -0.3 is 0 Å². The Morgan fingerprint density at radius 3 is 1.76 bits per heavy atom. The highest BCUT2D eigenvalue weighted by Crippen LogP contribution is 2.43. The fourth-order valence-corrected chi connectivity index (χ4v) is 9.57. The highest BCUT2D eigenvalue weighted by Gasteiger charge is 2.57. The monoisotopic (exact) mass is 416 g/mol. The van der Waals surface area contributed by atoms with Crippen molar-refractivity contribution in [2.24, 2.45) is 0 Å². The standard InChI is InChI=1S/C25H25ClN2Si/c1-4-7-9-11-13-17-21-27-24-19-15-16-20-25(24)28(29(27,26)23-6-3)22-18-14-12-10-8-5-2/h1-2,6,24-25H,3,15-23H2/t24-,25?,29?/m1/s1. The van der Waals surface area contributed by atoms with Gasteiger partial charge >= 0.3 is 7.71 Å². The minimum Gasteiger partial charge on any atom is -0.294 e. The topological polar surface area (TPSA) is 6.48 Å².